The van der Waals surface area contributed by atoms with Crippen molar-refractivity contribution in [1.29, 1.82) is 0 Å². The van der Waals surface area contributed by atoms with Gasteiger partial charge in [-0.1, -0.05) is 30.3 Å². The summed E-state index contributed by atoms with van der Waals surface area (Å²) in [5.41, 5.74) is 0.956. The fourth-order valence-corrected chi connectivity index (χ4v) is 3.31. The molecule has 0 radical (unpaired) electrons. The molecule has 6 nitrogen and oxygen atoms in total. The Labute approximate surface area is 143 Å². The highest BCUT2D eigenvalue weighted by Crippen LogP contribution is 2.39. The van der Waals surface area contributed by atoms with E-state index in [-0.39, 0.29) is 30.9 Å². The van der Waals surface area contributed by atoms with Crippen molar-refractivity contribution in [1.82, 2.24) is 9.80 Å². The van der Waals surface area contributed by atoms with Gasteiger partial charge in [-0.25, -0.2) is 0 Å². The lowest BCUT2D eigenvalue weighted by Gasteiger charge is -2.31. The molecule has 1 aromatic rings. The number of benzene rings is 1. The molecule has 0 unspecified atom stereocenters. The summed E-state index contributed by atoms with van der Waals surface area (Å²) in [5.74, 6) is -0.531. The molecule has 1 saturated heterocycles. The first kappa shape index (κ1) is 18.4. The molecule has 0 aromatic heterocycles. The van der Waals surface area contributed by atoms with E-state index in [1.54, 1.807) is 16.9 Å². The molecule has 1 heterocycles. The van der Waals surface area contributed by atoms with Crippen LogP contribution in [-0.4, -0.2) is 66.7 Å². The molecule has 1 aliphatic rings. The van der Waals surface area contributed by atoms with Gasteiger partial charge >= 0.3 is 0 Å². The molecule has 1 N–H and O–H groups in total. The number of aliphatic hydroxyl groups excluding tert-OH is 1. The van der Waals surface area contributed by atoms with Crippen LogP contribution in [0, 0.1) is 5.92 Å². The molecule has 1 fully saturated rings. The van der Waals surface area contributed by atoms with Gasteiger partial charge in [0.15, 0.2) is 0 Å². The normalized spacial score (nSPS) is 20.5. The highest BCUT2D eigenvalue weighted by molar-refractivity contribution is 5.90. The van der Waals surface area contributed by atoms with Gasteiger partial charge in [0.25, 0.3) is 0 Å². The number of ether oxygens (including phenoxy) is 1. The van der Waals surface area contributed by atoms with E-state index >= 15 is 0 Å². The number of hydrogen-bond donors (Lipinski definition) is 1. The van der Waals surface area contributed by atoms with Crippen molar-refractivity contribution in [2.75, 3.05) is 40.0 Å². The van der Waals surface area contributed by atoms with Gasteiger partial charge in [0.2, 0.25) is 11.8 Å². The van der Waals surface area contributed by atoms with E-state index in [1.807, 2.05) is 37.3 Å². The van der Waals surface area contributed by atoms with Crippen molar-refractivity contribution >= 4 is 11.8 Å². The van der Waals surface area contributed by atoms with Crippen molar-refractivity contribution in [2.45, 2.75) is 19.4 Å². The van der Waals surface area contributed by atoms with Crippen LogP contribution in [-0.2, 0) is 14.3 Å². The van der Waals surface area contributed by atoms with E-state index in [0.29, 0.717) is 26.2 Å². The molecule has 2 atom stereocenters. The summed E-state index contributed by atoms with van der Waals surface area (Å²) in [6, 6.07) is 9.37. The van der Waals surface area contributed by atoms with E-state index < -0.39 is 5.92 Å². The Hall–Kier alpha value is -1.92. The van der Waals surface area contributed by atoms with E-state index in [2.05, 4.69) is 0 Å². The third-order valence-corrected chi connectivity index (χ3v) is 4.49. The van der Waals surface area contributed by atoms with Gasteiger partial charge in [-0.2, -0.15) is 0 Å². The van der Waals surface area contributed by atoms with Gasteiger partial charge in [0.1, 0.15) is 0 Å². The molecule has 2 rings (SSSR count). The van der Waals surface area contributed by atoms with Crippen LogP contribution < -0.4 is 0 Å². The molecular formula is C18H26N2O4. The Morgan fingerprint density at radius 2 is 2.08 bits per heavy atom. The minimum atomic E-state index is -0.428. The Morgan fingerprint density at radius 3 is 2.67 bits per heavy atom. The van der Waals surface area contributed by atoms with Crippen LogP contribution in [0.4, 0.5) is 0 Å². The standard InChI is InChI=1S/C18H26N2O4/c1-3-19(9-11-21)18(23)15-13-16(22)20(10-12-24-2)17(15)14-7-5-4-6-8-14/h4-8,15,17,21H,3,9-13H2,1-2H3/t15-,17+/m1/s1. The van der Waals surface area contributed by atoms with Crippen molar-refractivity contribution < 1.29 is 19.4 Å². The number of likely N-dealkylation sites (tertiary alicyclic amines) is 1. The molecule has 0 saturated carbocycles. The van der Waals surface area contributed by atoms with Crippen LogP contribution in [0.15, 0.2) is 30.3 Å². The van der Waals surface area contributed by atoms with Crippen LogP contribution >= 0.6 is 0 Å². The first-order valence-corrected chi connectivity index (χ1v) is 8.37. The Balaban J connectivity index is 2.31. The van der Waals surface area contributed by atoms with Crippen molar-refractivity contribution in [3.05, 3.63) is 35.9 Å². The Bertz CT molecular complexity index is 549. The topological polar surface area (TPSA) is 70.1 Å². The fourth-order valence-electron chi connectivity index (χ4n) is 3.31. The third-order valence-electron chi connectivity index (χ3n) is 4.49. The molecule has 0 bridgehead atoms. The van der Waals surface area contributed by atoms with Gasteiger partial charge < -0.3 is 19.6 Å². The van der Waals surface area contributed by atoms with Crippen molar-refractivity contribution in [3.8, 4) is 0 Å². The van der Waals surface area contributed by atoms with E-state index in [1.165, 1.54) is 0 Å². The molecule has 6 heteroatoms. The predicted molar refractivity (Wildman–Crippen MR) is 90.2 cm³/mol. The SMILES string of the molecule is CCN(CCO)C(=O)[C@@H]1CC(=O)N(CCOC)[C@H]1c1ccccc1. The second-order valence-corrected chi connectivity index (χ2v) is 5.89. The lowest BCUT2D eigenvalue weighted by molar-refractivity contribution is -0.136. The van der Waals surface area contributed by atoms with E-state index in [4.69, 9.17) is 4.74 Å². The van der Waals surface area contributed by atoms with Crippen LogP contribution in [0.3, 0.4) is 0 Å². The first-order chi connectivity index (χ1) is 11.6. The summed E-state index contributed by atoms with van der Waals surface area (Å²) in [6.07, 6.45) is 0.198. The van der Waals surface area contributed by atoms with Crippen LogP contribution in [0.25, 0.3) is 0 Å². The molecule has 0 aliphatic carbocycles. The summed E-state index contributed by atoms with van der Waals surface area (Å²) >= 11 is 0. The quantitative estimate of drug-likeness (QED) is 0.772. The van der Waals surface area contributed by atoms with Crippen LogP contribution in [0.1, 0.15) is 24.9 Å². The number of methoxy groups -OCH3 is 1. The number of hydrogen-bond acceptors (Lipinski definition) is 4. The zero-order valence-electron chi connectivity index (χ0n) is 14.4. The maximum absolute atomic E-state index is 12.9. The fraction of sp³-hybridized carbons (Fsp3) is 0.556. The second kappa shape index (κ2) is 8.80. The van der Waals surface area contributed by atoms with Crippen LogP contribution in [0.2, 0.25) is 0 Å². The molecule has 2 amide bonds. The number of likely N-dealkylation sites (N-methyl/N-ethyl adjacent to an activating group) is 1. The molecule has 1 aromatic carbocycles. The Morgan fingerprint density at radius 1 is 1.38 bits per heavy atom. The summed E-state index contributed by atoms with van der Waals surface area (Å²) < 4.78 is 5.12. The van der Waals surface area contributed by atoms with Gasteiger partial charge in [-0.15, -0.1) is 0 Å². The zero-order valence-corrected chi connectivity index (χ0v) is 14.4. The van der Waals surface area contributed by atoms with Gasteiger partial charge in [0, 0.05) is 33.2 Å². The van der Waals surface area contributed by atoms with Crippen molar-refractivity contribution in [2.24, 2.45) is 5.92 Å². The molecular weight excluding hydrogens is 308 g/mol. The maximum atomic E-state index is 12.9. The number of carbonyl (C=O) groups excluding carboxylic acids is 2. The third kappa shape index (κ3) is 3.94. The number of rotatable bonds is 8. The summed E-state index contributed by atoms with van der Waals surface area (Å²) in [5, 5.41) is 9.17. The van der Waals surface area contributed by atoms with E-state index in [9.17, 15) is 14.7 Å². The molecule has 1 aliphatic heterocycles. The largest absolute Gasteiger partial charge is 0.395 e. The van der Waals surface area contributed by atoms with Crippen LogP contribution in [0.5, 0.6) is 0 Å². The minimum Gasteiger partial charge on any atom is -0.395 e. The average Bonchev–Trinajstić information content (AvgIpc) is 2.94. The van der Waals surface area contributed by atoms with Crippen molar-refractivity contribution in [3.63, 3.8) is 0 Å². The first-order valence-electron chi connectivity index (χ1n) is 8.37. The molecule has 24 heavy (non-hydrogen) atoms. The number of amides is 2. The second-order valence-electron chi connectivity index (χ2n) is 5.89. The Kier molecular flexibility index (Phi) is 6.75. The zero-order chi connectivity index (χ0) is 17.5. The average molecular weight is 334 g/mol. The lowest BCUT2D eigenvalue weighted by atomic mass is 9.92. The number of aliphatic hydroxyl groups is 1. The molecule has 132 valence electrons. The maximum Gasteiger partial charge on any atom is 0.228 e. The van der Waals surface area contributed by atoms with Gasteiger partial charge in [0.05, 0.1) is 25.2 Å². The summed E-state index contributed by atoms with van der Waals surface area (Å²) in [6.45, 7) is 3.51. The highest BCUT2D eigenvalue weighted by atomic mass is 16.5. The summed E-state index contributed by atoms with van der Waals surface area (Å²) in [7, 11) is 1.60. The highest BCUT2D eigenvalue weighted by Gasteiger charge is 2.45. The minimum absolute atomic E-state index is 0.0284. The van der Waals surface area contributed by atoms with Gasteiger partial charge in [-0.3, -0.25) is 9.59 Å². The summed E-state index contributed by atoms with van der Waals surface area (Å²) in [4.78, 5) is 28.8. The lowest BCUT2D eigenvalue weighted by Crippen LogP contribution is -2.40. The smallest absolute Gasteiger partial charge is 0.228 e. The molecule has 0 spiro atoms. The number of nitrogens with zero attached hydrogens (tertiary/aromatic N) is 2. The van der Waals surface area contributed by atoms with Gasteiger partial charge in [-0.05, 0) is 12.5 Å². The van der Waals surface area contributed by atoms with E-state index in [0.717, 1.165) is 5.56 Å². The predicted octanol–water partition coefficient (Wildman–Crippen LogP) is 1.06. The number of carbonyl (C=O) groups is 2. The monoisotopic (exact) mass is 334 g/mol.